The molecule has 2 aliphatic heterocycles. The number of halogens is 2. The molecule has 0 spiro atoms. The molecule has 0 fully saturated rings. The van der Waals surface area contributed by atoms with Crippen LogP contribution in [0.5, 0.6) is 5.75 Å². The molecule has 4 aromatic rings. The smallest absolute Gasteiger partial charge is 0.226 e. The highest BCUT2D eigenvalue weighted by Gasteiger charge is 2.41. The number of ether oxygens (including phenoxy) is 1. The zero-order valence-electron chi connectivity index (χ0n) is 17.1. The van der Waals surface area contributed by atoms with Gasteiger partial charge in [-0.1, -0.05) is 53.6 Å². The van der Waals surface area contributed by atoms with Crippen LogP contribution < -0.4 is 10.1 Å². The number of hydrogen-bond acceptors (Lipinski definition) is 4. The Hall–Kier alpha value is -3.64. The van der Waals surface area contributed by atoms with Crippen LogP contribution in [-0.4, -0.2) is 14.8 Å². The second kappa shape index (κ2) is 7.21. The fourth-order valence-electron chi connectivity index (χ4n) is 4.46. The quantitative estimate of drug-likeness (QED) is 0.415. The summed E-state index contributed by atoms with van der Waals surface area (Å²) in [5, 5.41) is 8.53. The largest absolute Gasteiger partial charge is 0.480 e. The Balaban J connectivity index is 1.64. The number of benzene rings is 3. The van der Waals surface area contributed by atoms with Crippen molar-refractivity contribution in [1.29, 1.82) is 0 Å². The van der Waals surface area contributed by atoms with Gasteiger partial charge in [-0.25, -0.2) is 9.07 Å². The highest BCUT2D eigenvalue weighted by atomic mass is 35.5. The van der Waals surface area contributed by atoms with Crippen molar-refractivity contribution in [2.45, 2.75) is 19.1 Å². The van der Waals surface area contributed by atoms with Crippen LogP contribution in [0, 0.1) is 12.7 Å². The summed E-state index contributed by atoms with van der Waals surface area (Å²) in [6.45, 7) is 2.05. The van der Waals surface area contributed by atoms with Crippen molar-refractivity contribution >= 4 is 23.2 Å². The average Bonchev–Trinajstić information content (AvgIpc) is 3.26. The molecule has 3 aromatic carbocycles. The van der Waals surface area contributed by atoms with Gasteiger partial charge in [0.1, 0.15) is 30.0 Å². The number of rotatable bonds is 2. The van der Waals surface area contributed by atoms with Crippen LogP contribution >= 0.6 is 11.6 Å². The second-order valence-electron chi connectivity index (χ2n) is 7.99. The Morgan fingerprint density at radius 1 is 1.03 bits per heavy atom. The zero-order chi connectivity index (χ0) is 21.8. The molecule has 1 N–H and O–H groups in total. The number of hydrogen-bond donors (Lipinski definition) is 1. The minimum Gasteiger partial charge on any atom is -0.480 e. The van der Waals surface area contributed by atoms with Gasteiger partial charge in [0.15, 0.2) is 0 Å². The maximum Gasteiger partial charge on any atom is 0.226 e. The minimum absolute atomic E-state index is 0.287. The third-order valence-corrected chi connectivity index (χ3v) is 6.16. The molecule has 1 aromatic heterocycles. The molecule has 5 nitrogen and oxygen atoms in total. The first-order chi connectivity index (χ1) is 15.6. The van der Waals surface area contributed by atoms with E-state index < -0.39 is 6.10 Å². The summed E-state index contributed by atoms with van der Waals surface area (Å²) in [6.07, 6.45) is 1.00. The van der Waals surface area contributed by atoms with E-state index in [1.807, 2.05) is 22.9 Å². The normalized spacial score (nSPS) is 18.8. The van der Waals surface area contributed by atoms with Gasteiger partial charge in [-0.3, -0.25) is 0 Å². The molecule has 0 amide bonds. The molecular formula is C25H18ClFN4O. The van der Waals surface area contributed by atoms with Gasteiger partial charge < -0.3 is 10.1 Å². The van der Waals surface area contributed by atoms with Gasteiger partial charge in [0.05, 0.1) is 5.70 Å². The van der Waals surface area contributed by atoms with Crippen LogP contribution in [0.25, 0.3) is 5.70 Å². The molecule has 0 saturated carbocycles. The SMILES string of the molecule is Cc1ccc([C@@H]2C3=C(Nc4ncnn42)c2cc(Cl)ccc2O[C@@H]3c2cccc(F)c2)cc1. The van der Waals surface area contributed by atoms with Crippen molar-refractivity contribution < 1.29 is 9.13 Å². The van der Waals surface area contributed by atoms with Gasteiger partial charge in [0.2, 0.25) is 5.95 Å². The lowest BCUT2D eigenvalue weighted by molar-refractivity contribution is 0.222. The standard InChI is InChI=1S/C25H18ClFN4O/c1-14-5-7-15(8-6-14)23-21-22(30-25-28-13-29-31(23)25)19-12-17(26)9-10-20(19)32-24(21)16-3-2-4-18(27)11-16/h2-13,23-24H,1H3,(H,28,29,30)/t23-,24-/m1/s1. The molecule has 0 unspecified atom stereocenters. The summed E-state index contributed by atoms with van der Waals surface area (Å²) < 4.78 is 22.5. The number of aryl methyl sites for hydroxylation is 1. The van der Waals surface area contributed by atoms with Crippen molar-refractivity contribution in [1.82, 2.24) is 14.8 Å². The van der Waals surface area contributed by atoms with E-state index in [-0.39, 0.29) is 11.9 Å². The van der Waals surface area contributed by atoms with Gasteiger partial charge >= 0.3 is 0 Å². The summed E-state index contributed by atoms with van der Waals surface area (Å²) in [6, 6.07) is 20.0. The molecule has 7 heteroatoms. The summed E-state index contributed by atoms with van der Waals surface area (Å²) >= 11 is 6.34. The maximum absolute atomic E-state index is 14.2. The fraction of sp³-hybridized carbons (Fsp3) is 0.120. The molecular weight excluding hydrogens is 427 g/mol. The van der Waals surface area contributed by atoms with E-state index in [4.69, 9.17) is 16.3 Å². The van der Waals surface area contributed by atoms with Crippen LogP contribution in [0.2, 0.25) is 5.02 Å². The molecule has 0 saturated heterocycles. The minimum atomic E-state index is -0.523. The van der Waals surface area contributed by atoms with Crippen LogP contribution in [0.1, 0.15) is 34.4 Å². The first-order valence-electron chi connectivity index (χ1n) is 10.3. The topological polar surface area (TPSA) is 52.0 Å². The molecule has 0 aliphatic carbocycles. The van der Waals surface area contributed by atoms with E-state index in [0.29, 0.717) is 16.7 Å². The summed E-state index contributed by atoms with van der Waals surface area (Å²) in [4.78, 5) is 4.42. The van der Waals surface area contributed by atoms with Gasteiger partial charge in [0.25, 0.3) is 0 Å². The first-order valence-corrected chi connectivity index (χ1v) is 10.7. The van der Waals surface area contributed by atoms with E-state index >= 15 is 0 Å². The molecule has 0 bridgehead atoms. The fourth-order valence-corrected chi connectivity index (χ4v) is 4.63. The molecule has 2 aliphatic rings. The Morgan fingerprint density at radius 2 is 1.88 bits per heavy atom. The number of fused-ring (bicyclic) bond motifs is 3. The average molecular weight is 445 g/mol. The van der Waals surface area contributed by atoms with E-state index in [9.17, 15) is 4.39 Å². The number of anilines is 1. The number of nitrogens with zero attached hydrogens (tertiary/aromatic N) is 3. The number of aromatic nitrogens is 3. The van der Waals surface area contributed by atoms with Crippen molar-refractivity contribution in [3.05, 3.63) is 112 Å². The zero-order valence-corrected chi connectivity index (χ0v) is 17.8. The molecule has 6 rings (SSSR count). The second-order valence-corrected chi connectivity index (χ2v) is 8.43. The van der Waals surface area contributed by atoms with E-state index in [2.05, 4.69) is 46.6 Å². The summed E-state index contributed by atoms with van der Waals surface area (Å²) in [7, 11) is 0. The monoisotopic (exact) mass is 444 g/mol. The maximum atomic E-state index is 14.2. The third-order valence-electron chi connectivity index (χ3n) is 5.92. The highest BCUT2D eigenvalue weighted by molar-refractivity contribution is 6.30. The van der Waals surface area contributed by atoms with Crippen molar-refractivity contribution in [3.8, 4) is 5.75 Å². The van der Waals surface area contributed by atoms with E-state index in [1.165, 1.54) is 18.5 Å². The Kier molecular flexibility index (Phi) is 4.30. The van der Waals surface area contributed by atoms with Crippen LogP contribution in [0.15, 0.2) is 78.6 Å². The predicted octanol–water partition coefficient (Wildman–Crippen LogP) is 5.94. The van der Waals surface area contributed by atoms with E-state index in [1.54, 1.807) is 12.1 Å². The van der Waals surface area contributed by atoms with Crippen molar-refractivity contribution in [2.24, 2.45) is 0 Å². The highest BCUT2D eigenvalue weighted by Crippen LogP contribution is 2.51. The van der Waals surface area contributed by atoms with Gasteiger partial charge in [0, 0.05) is 16.2 Å². The Labute approximate surface area is 189 Å². The van der Waals surface area contributed by atoms with Crippen LogP contribution in [0.4, 0.5) is 10.3 Å². The van der Waals surface area contributed by atoms with Gasteiger partial charge in [-0.2, -0.15) is 10.1 Å². The van der Waals surface area contributed by atoms with E-state index in [0.717, 1.165) is 33.5 Å². The third kappa shape index (κ3) is 2.99. The lowest BCUT2D eigenvalue weighted by Gasteiger charge is -2.39. The summed E-state index contributed by atoms with van der Waals surface area (Å²) in [5.41, 5.74) is 5.54. The Morgan fingerprint density at radius 3 is 2.69 bits per heavy atom. The van der Waals surface area contributed by atoms with Crippen LogP contribution in [-0.2, 0) is 0 Å². The molecule has 3 heterocycles. The lowest BCUT2D eigenvalue weighted by Crippen LogP contribution is -2.32. The van der Waals surface area contributed by atoms with Gasteiger partial charge in [-0.15, -0.1) is 0 Å². The molecule has 0 radical (unpaired) electrons. The van der Waals surface area contributed by atoms with Crippen molar-refractivity contribution in [3.63, 3.8) is 0 Å². The Bertz CT molecular complexity index is 1380. The molecule has 2 atom stereocenters. The van der Waals surface area contributed by atoms with Crippen LogP contribution in [0.3, 0.4) is 0 Å². The lowest BCUT2D eigenvalue weighted by atomic mass is 9.84. The van der Waals surface area contributed by atoms with Crippen molar-refractivity contribution in [2.75, 3.05) is 5.32 Å². The summed E-state index contributed by atoms with van der Waals surface area (Å²) in [5.74, 6) is 0.984. The predicted molar refractivity (Wildman–Crippen MR) is 121 cm³/mol. The molecule has 32 heavy (non-hydrogen) atoms. The van der Waals surface area contributed by atoms with Gasteiger partial charge in [-0.05, 0) is 48.4 Å². The first kappa shape index (κ1) is 19.1. The number of nitrogens with one attached hydrogen (secondary N) is 1. The molecule has 158 valence electrons.